The third-order valence-corrected chi connectivity index (χ3v) is 10.4. The van der Waals surface area contributed by atoms with Crippen molar-refractivity contribution in [2.75, 3.05) is 6.54 Å². The molecule has 0 aromatic carbocycles. The van der Waals surface area contributed by atoms with Crippen LogP contribution in [0.2, 0.25) is 0 Å². The third kappa shape index (κ3) is 0.977. The molecule has 2 nitrogen and oxygen atoms in total. The Morgan fingerprint density at radius 1 is 0.727 bits per heavy atom. The molecule has 0 spiro atoms. The van der Waals surface area contributed by atoms with Gasteiger partial charge in [-0.15, -0.1) is 0 Å². The normalized spacial score (nSPS) is 74.9. The number of amides is 1. The molecule has 116 valence electrons. The van der Waals surface area contributed by atoms with Crippen molar-refractivity contribution in [3.05, 3.63) is 0 Å². The number of rotatable bonds is 3. The Morgan fingerprint density at radius 3 is 2.05 bits per heavy atom. The van der Waals surface area contributed by atoms with Gasteiger partial charge in [-0.3, -0.25) is 4.79 Å². The highest BCUT2D eigenvalue weighted by Crippen LogP contribution is 2.89. The van der Waals surface area contributed by atoms with Crippen LogP contribution < -0.4 is 5.32 Å². The molecule has 22 heavy (non-hydrogen) atoms. The van der Waals surface area contributed by atoms with Crippen LogP contribution in [-0.2, 0) is 4.79 Å². The topological polar surface area (TPSA) is 29.1 Å². The molecule has 0 radical (unpaired) electrons. The van der Waals surface area contributed by atoms with Crippen LogP contribution in [0.15, 0.2) is 0 Å². The number of hydrogen-bond donors (Lipinski definition) is 1. The zero-order valence-electron chi connectivity index (χ0n) is 13.0. The molecule has 0 aliphatic heterocycles. The second-order valence-corrected chi connectivity index (χ2v) is 10.5. The van der Waals surface area contributed by atoms with E-state index in [0.717, 1.165) is 83.5 Å². The SMILES string of the molecule is O=C(NCC1CC2CC1C1CC21)C1C2C3C4CC5C3C5C4C12. The molecule has 1 amide bonds. The summed E-state index contributed by atoms with van der Waals surface area (Å²) in [5.41, 5.74) is 0. The lowest BCUT2D eigenvalue weighted by molar-refractivity contribution is -0.123. The number of fused-ring (bicyclic) bond motifs is 6. The van der Waals surface area contributed by atoms with Crippen molar-refractivity contribution >= 4 is 5.91 Å². The van der Waals surface area contributed by atoms with Crippen molar-refractivity contribution in [2.45, 2.75) is 25.7 Å². The zero-order valence-corrected chi connectivity index (χ0v) is 13.0. The smallest absolute Gasteiger partial charge is 0.223 e. The van der Waals surface area contributed by atoms with E-state index in [-0.39, 0.29) is 0 Å². The lowest BCUT2D eigenvalue weighted by Gasteiger charge is -2.22. The van der Waals surface area contributed by atoms with Crippen LogP contribution in [0.3, 0.4) is 0 Å². The number of hydrogen-bond acceptors (Lipinski definition) is 1. The van der Waals surface area contributed by atoms with E-state index in [1.807, 2.05) is 0 Å². The Labute approximate surface area is 131 Å². The van der Waals surface area contributed by atoms with E-state index < -0.39 is 0 Å². The molecule has 0 aromatic heterocycles. The van der Waals surface area contributed by atoms with Crippen molar-refractivity contribution in [1.82, 2.24) is 5.32 Å². The van der Waals surface area contributed by atoms with E-state index in [1.165, 1.54) is 19.3 Å². The Bertz CT molecular complexity index is 605. The molecule has 0 aromatic rings. The molecule has 1 N–H and O–H groups in total. The highest BCUT2D eigenvalue weighted by molar-refractivity contribution is 5.83. The Kier molecular flexibility index (Phi) is 1.54. The first-order valence-corrected chi connectivity index (χ1v) is 10.1. The summed E-state index contributed by atoms with van der Waals surface area (Å²) in [4.78, 5) is 12.7. The molecular formula is C20H25NO. The summed E-state index contributed by atoms with van der Waals surface area (Å²) in [6, 6.07) is 0. The molecule has 11 unspecified atom stereocenters. The maximum atomic E-state index is 12.7. The summed E-state index contributed by atoms with van der Waals surface area (Å²) in [5, 5.41) is 3.43. The highest BCUT2D eigenvalue weighted by Gasteiger charge is 2.87. The van der Waals surface area contributed by atoms with Crippen molar-refractivity contribution in [2.24, 2.45) is 82.9 Å². The van der Waals surface area contributed by atoms with Crippen LogP contribution in [0, 0.1) is 82.9 Å². The molecule has 0 saturated heterocycles. The van der Waals surface area contributed by atoms with Crippen LogP contribution >= 0.6 is 0 Å². The predicted molar refractivity (Wildman–Crippen MR) is 80.3 cm³/mol. The minimum Gasteiger partial charge on any atom is -0.356 e. The highest BCUT2D eigenvalue weighted by atomic mass is 16.2. The molecule has 2 heteroatoms. The van der Waals surface area contributed by atoms with Gasteiger partial charge in [-0.2, -0.15) is 0 Å². The van der Waals surface area contributed by atoms with E-state index in [2.05, 4.69) is 5.32 Å². The zero-order chi connectivity index (χ0) is 13.9. The van der Waals surface area contributed by atoms with Gasteiger partial charge < -0.3 is 5.32 Å². The van der Waals surface area contributed by atoms with Crippen molar-refractivity contribution in [1.29, 1.82) is 0 Å². The molecular weight excluding hydrogens is 270 g/mol. The molecule has 0 heterocycles. The monoisotopic (exact) mass is 295 g/mol. The summed E-state index contributed by atoms with van der Waals surface area (Å²) < 4.78 is 0. The second-order valence-electron chi connectivity index (χ2n) is 10.5. The van der Waals surface area contributed by atoms with E-state index in [9.17, 15) is 4.79 Å². The Hall–Kier alpha value is -0.530. The molecule has 9 rings (SSSR count). The third-order valence-electron chi connectivity index (χ3n) is 10.4. The number of nitrogens with one attached hydrogen (secondary N) is 1. The van der Waals surface area contributed by atoms with Crippen molar-refractivity contribution < 1.29 is 4.79 Å². The maximum Gasteiger partial charge on any atom is 0.223 e. The van der Waals surface area contributed by atoms with Gasteiger partial charge in [0, 0.05) is 12.5 Å². The summed E-state index contributed by atoms with van der Waals surface area (Å²) in [5.74, 6) is 14.1. The van der Waals surface area contributed by atoms with Crippen LogP contribution in [0.5, 0.6) is 0 Å². The fourth-order valence-electron chi connectivity index (χ4n) is 10.00. The van der Waals surface area contributed by atoms with Crippen LogP contribution in [-0.4, -0.2) is 12.5 Å². The first-order chi connectivity index (χ1) is 10.8. The molecule has 9 aliphatic rings. The summed E-state index contributed by atoms with van der Waals surface area (Å²) >= 11 is 0. The minimum atomic E-state index is 0.463. The quantitative estimate of drug-likeness (QED) is 0.851. The maximum absolute atomic E-state index is 12.7. The standard InChI is InChI=1S/C20H25NO/c22-20(21-5-7-1-6-2-8(7)10-3-9(6)10)19-17-15-12-4-11-13(15)14(11)16(12)18(17)19/h6-19H,1-5H2,(H,21,22). The van der Waals surface area contributed by atoms with Crippen LogP contribution in [0.25, 0.3) is 0 Å². The Balaban J connectivity index is 0.967. The van der Waals surface area contributed by atoms with Gasteiger partial charge in [-0.05, 0) is 103 Å². The van der Waals surface area contributed by atoms with E-state index in [4.69, 9.17) is 0 Å². The molecule has 8 bridgehead atoms. The number of carbonyl (C=O) groups excluding carboxylic acids is 1. The number of carbonyl (C=O) groups is 1. The molecule has 9 saturated carbocycles. The van der Waals surface area contributed by atoms with Gasteiger partial charge in [0.05, 0.1) is 0 Å². The molecule has 11 atom stereocenters. The summed E-state index contributed by atoms with van der Waals surface area (Å²) in [7, 11) is 0. The van der Waals surface area contributed by atoms with Gasteiger partial charge in [0.15, 0.2) is 0 Å². The largest absolute Gasteiger partial charge is 0.356 e. The fraction of sp³-hybridized carbons (Fsp3) is 0.950. The van der Waals surface area contributed by atoms with E-state index >= 15 is 0 Å². The van der Waals surface area contributed by atoms with Crippen LogP contribution in [0.4, 0.5) is 0 Å². The average molecular weight is 295 g/mol. The summed E-state index contributed by atoms with van der Waals surface area (Å²) in [6.45, 7) is 1.02. The minimum absolute atomic E-state index is 0.463. The average Bonchev–Trinajstić information content (AvgIpc) is 3.42. The van der Waals surface area contributed by atoms with Gasteiger partial charge in [0.25, 0.3) is 0 Å². The van der Waals surface area contributed by atoms with Crippen molar-refractivity contribution in [3.8, 4) is 0 Å². The molecule has 9 fully saturated rings. The van der Waals surface area contributed by atoms with E-state index in [1.54, 1.807) is 6.42 Å². The van der Waals surface area contributed by atoms with Gasteiger partial charge in [0.1, 0.15) is 0 Å². The van der Waals surface area contributed by atoms with Gasteiger partial charge in [-0.25, -0.2) is 0 Å². The van der Waals surface area contributed by atoms with Gasteiger partial charge >= 0.3 is 0 Å². The Morgan fingerprint density at radius 2 is 1.41 bits per heavy atom. The van der Waals surface area contributed by atoms with E-state index in [0.29, 0.717) is 11.8 Å². The lowest BCUT2D eigenvalue weighted by Crippen LogP contribution is -2.34. The predicted octanol–water partition coefficient (Wildman–Crippen LogP) is 2.40. The lowest BCUT2D eigenvalue weighted by atomic mass is 9.88. The van der Waals surface area contributed by atoms with Gasteiger partial charge in [-0.1, -0.05) is 0 Å². The van der Waals surface area contributed by atoms with Crippen molar-refractivity contribution in [3.63, 3.8) is 0 Å². The fourth-order valence-corrected chi connectivity index (χ4v) is 10.00. The van der Waals surface area contributed by atoms with Gasteiger partial charge in [0.2, 0.25) is 5.91 Å². The second kappa shape index (κ2) is 3.05. The first-order valence-electron chi connectivity index (χ1n) is 10.1. The molecule has 9 aliphatic carbocycles. The first kappa shape index (κ1) is 11.1. The summed E-state index contributed by atoms with van der Waals surface area (Å²) in [6.07, 6.45) is 6.02. The van der Waals surface area contributed by atoms with Crippen LogP contribution in [0.1, 0.15) is 25.7 Å².